The molecule has 4 nitrogen and oxygen atoms in total. The van der Waals surface area contributed by atoms with E-state index in [0.29, 0.717) is 11.5 Å². The summed E-state index contributed by atoms with van der Waals surface area (Å²) in [7, 11) is 1.90. The predicted octanol–water partition coefficient (Wildman–Crippen LogP) is 3.71. The van der Waals surface area contributed by atoms with Crippen molar-refractivity contribution in [1.82, 2.24) is 14.7 Å². The van der Waals surface area contributed by atoms with Gasteiger partial charge in [-0.2, -0.15) is 5.10 Å². The van der Waals surface area contributed by atoms with Crippen molar-refractivity contribution in [3.8, 4) is 0 Å². The van der Waals surface area contributed by atoms with Crippen LogP contribution in [0, 0.1) is 5.41 Å². The highest BCUT2D eigenvalue weighted by Crippen LogP contribution is 2.46. The highest BCUT2D eigenvalue weighted by atomic mass is 16.5. The van der Waals surface area contributed by atoms with Gasteiger partial charge in [0.25, 0.3) is 0 Å². The van der Waals surface area contributed by atoms with E-state index in [4.69, 9.17) is 4.74 Å². The van der Waals surface area contributed by atoms with Gasteiger partial charge in [0.15, 0.2) is 0 Å². The molecule has 1 saturated heterocycles. The molecule has 1 aromatic heterocycles. The number of likely N-dealkylation sites (tertiary alicyclic amines) is 1. The van der Waals surface area contributed by atoms with Gasteiger partial charge in [-0.05, 0) is 49.4 Å². The summed E-state index contributed by atoms with van der Waals surface area (Å²) in [4.78, 5) is 2.64. The van der Waals surface area contributed by atoms with Crippen LogP contribution in [0.15, 0.2) is 42.7 Å². The Labute approximate surface area is 150 Å². The van der Waals surface area contributed by atoms with E-state index in [2.05, 4.69) is 34.3 Å². The van der Waals surface area contributed by atoms with Crippen molar-refractivity contribution in [2.45, 2.75) is 51.3 Å². The minimum Gasteiger partial charge on any atom is -0.381 e. The van der Waals surface area contributed by atoms with E-state index >= 15 is 0 Å². The fourth-order valence-electron chi connectivity index (χ4n) is 4.92. The van der Waals surface area contributed by atoms with E-state index in [9.17, 15) is 0 Å². The van der Waals surface area contributed by atoms with Crippen molar-refractivity contribution in [3.63, 3.8) is 0 Å². The van der Waals surface area contributed by atoms with Gasteiger partial charge in [0.05, 0.1) is 12.6 Å². The highest BCUT2D eigenvalue weighted by molar-refractivity contribution is 5.23. The SMILES string of the molecule is CO[C@@H]1CCC[C@@]12CCCN(Cc1ccc(Cn3cccn3)cc1)C2. The van der Waals surface area contributed by atoms with Crippen molar-refractivity contribution in [2.75, 3.05) is 20.2 Å². The van der Waals surface area contributed by atoms with Crippen LogP contribution >= 0.6 is 0 Å². The van der Waals surface area contributed by atoms with Crippen molar-refractivity contribution in [1.29, 1.82) is 0 Å². The Bertz CT molecular complexity index is 667. The number of rotatable bonds is 5. The summed E-state index contributed by atoms with van der Waals surface area (Å²) in [6.07, 6.45) is 10.9. The molecule has 2 aliphatic rings. The lowest BCUT2D eigenvalue weighted by Gasteiger charge is -2.43. The molecule has 0 N–H and O–H groups in total. The number of methoxy groups -OCH3 is 1. The molecule has 1 saturated carbocycles. The molecule has 2 fully saturated rings. The van der Waals surface area contributed by atoms with Crippen LogP contribution in [0.2, 0.25) is 0 Å². The fraction of sp³-hybridized carbons (Fsp3) is 0.571. The zero-order chi connectivity index (χ0) is 17.1. The summed E-state index contributed by atoms with van der Waals surface area (Å²) in [5, 5.41) is 4.28. The fourth-order valence-corrected chi connectivity index (χ4v) is 4.92. The average molecular weight is 339 g/mol. The number of benzene rings is 1. The maximum absolute atomic E-state index is 5.83. The molecule has 1 aromatic carbocycles. The summed E-state index contributed by atoms with van der Waals surface area (Å²) < 4.78 is 7.80. The molecule has 2 heterocycles. The lowest BCUT2D eigenvalue weighted by Crippen LogP contribution is -2.47. The summed E-state index contributed by atoms with van der Waals surface area (Å²) in [5.41, 5.74) is 3.12. The van der Waals surface area contributed by atoms with Gasteiger partial charge < -0.3 is 4.74 Å². The minimum atomic E-state index is 0.410. The summed E-state index contributed by atoms with van der Waals surface area (Å²) in [5.74, 6) is 0. The van der Waals surface area contributed by atoms with Crippen molar-refractivity contribution >= 4 is 0 Å². The molecule has 0 amide bonds. The molecule has 4 heteroatoms. The van der Waals surface area contributed by atoms with Gasteiger partial charge in [-0.1, -0.05) is 30.7 Å². The van der Waals surface area contributed by atoms with E-state index in [-0.39, 0.29) is 0 Å². The third-order valence-electron chi connectivity index (χ3n) is 6.13. The molecule has 1 aliphatic heterocycles. The Balaban J connectivity index is 1.38. The number of hydrogen-bond acceptors (Lipinski definition) is 3. The van der Waals surface area contributed by atoms with E-state index in [1.54, 1.807) is 0 Å². The predicted molar refractivity (Wildman–Crippen MR) is 99.4 cm³/mol. The molecular formula is C21H29N3O. The first-order valence-corrected chi connectivity index (χ1v) is 9.58. The van der Waals surface area contributed by atoms with E-state index in [1.165, 1.54) is 56.3 Å². The molecule has 134 valence electrons. The Kier molecular flexibility index (Phi) is 4.91. The molecule has 25 heavy (non-hydrogen) atoms. The molecule has 0 bridgehead atoms. The number of piperidine rings is 1. The van der Waals surface area contributed by atoms with Gasteiger partial charge in [-0.15, -0.1) is 0 Å². The monoisotopic (exact) mass is 339 g/mol. The van der Waals surface area contributed by atoms with E-state index in [0.717, 1.165) is 13.1 Å². The Morgan fingerprint density at radius 3 is 2.60 bits per heavy atom. The lowest BCUT2D eigenvalue weighted by molar-refractivity contribution is -0.0366. The normalized spacial score (nSPS) is 27.2. The summed E-state index contributed by atoms with van der Waals surface area (Å²) in [6.45, 7) is 4.31. The van der Waals surface area contributed by atoms with Crippen molar-refractivity contribution in [2.24, 2.45) is 5.41 Å². The van der Waals surface area contributed by atoms with Gasteiger partial charge in [-0.3, -0.25) is 9.58 Å². The molecule has 2 atom stereocenters. The van der Waals surface area contributed by atoms with Crippen LogP contribution < -0.4 is 0 Å². The second kappa shape index (κ2) is 7.30. The lowest BCUT2D eigenvalue weighted by atomic mass is 9.76. The summed E-state index contributed by atoms with van der Waals surface area (Å²) >= 11 is 0. The molecule has 1 spiro atoms. The Morgan fingerprint density at radius 2 is 1.88 bits per heavy atom. The second-order valence-corrected chi connectivity index (χ2v) is 7.81. The topological polar surface area (TPSA) is 30.3 Å². The van der Waals surface area contributed by atoms with Crippen molar-refractivity contribution < 1.29 is 4.74 Å². The van der Waals surface area contributed by atoms with Gasteiger partial charge in [0.1, 0.15) is 0 Å². The van der Waals surface area contributed by atoms with Gasteiger partial charge in [0, 0.05) is 38.0 Å². The van der Waals surface area contributed by atoms with Crippen LogP contribution in [-0.2, 0) is 17.8 Å². The first kappa shape index (κ1) is 16.8. The smallest absolute Gasteiger partial charge is 0.0659 e. The largest absolute Gasteiger partial charge is 0.381 e. The minimum absolute atomic E-state index is 0.410. The number of aromatic nitrogens is 2. The zero-order valence-electron chi connectivity index (χ0n) is 15.2. The van der Waals surface area contributed by atoms with Crippen LogP contribution in [0.4, 0.5) is 0 Å². The molecule has 1 aliphatic carbocycles. The molecule has 0 radical (unpaired) electrons. The third kappa shape index (κ3) is 3.65. The van der Waals surface area contributed by atoms with Gasteiger partial charge in [0.2, 0.25) is 0 Å². The maximum atomic E-state index is 5.83. The quantitative estimate of drug-likeness (QED) is 0.832. The second-order valence-electron chi connectivity index (χ2n) is 7.81. The zero-order valence-corrected chi connectivity index (χ0v) is 15.2. The van der Waals surface area contributed by atoms with Crippen LogP contribution in [0.5, 0.6) is 0 Å². The number of hydrogen-bond donors (Lipinski definition) is 0. The molecular weight excluding hydrogens is 310 g/mol. The number of nitrogens with zero attached hydrogens (tertiary/aromatic N) is 3. The van der Waals surface area contributed by atoms with Gasteiger partial charge in [-0.25, -0.2) is 0 Å². The Hall–Kier alpha value is -1.65. The van der Waals surface area contributed by atoms with Gasteiger partial charge >= 0.3 is 0 Å². The highest BCUT2D eigenvalue weighted by Gasteiger charge is 2.45. The Morgan fingerprint density at radius 1 is 1.12 bits per heavy atom. The van der Waals surface area contributed by atoms with E-state index < -0.39 is 0 Å². The van der Waals surface area contributed by atoms with Crippen molar-refractivity contribution in [3.05, 3.63) is 53.9 Å². The van der Waals surface area contributed by atoms with Crippen LogP contribution in [0.1, 0.15) is 43.2 Å². The first-order valence-electron chi connectivity index (χ1n) is 9.58. The molecule has 2 aromatic rings. The standard InChI is InChI=1S/C21H29N3O/c1-25-20-5-2-10-21(20)11-3-13-23(17-21)15-18-6-8-19(9-7-18)16-24-14-4-12-22-24/h4,6-9,12,14,20H,2-3,5,10-11,13,15-17H2,1H3/t20-,21+/m1/s1. The van der Waals surface area contributed by atoms with Crippen LogP contribution in [-0.4, -0.2) is 41.0 Å². The third-order valence-corrected chi connectivity index (χ3v) is 6.13. The molecule has 0 unspecified atom stereocenters. The van der Waals surface area contributed by atoms with Crippen LogP contribution in [0.3, 0.4) is 0 Å². The molecule has 4 rings (SSSR count). The van der Waals surface area contributed by atoms with E-state index in [1.807, 2.05) is 30.3 Å². The first-order chi connectivity index (χ1) is 12.3. The number of ether oxygens (including phenoxy) is 1. The summed E-state index contributed by atoms with van der Waals surface area (Å²) in [6, 6.07) is 11.0. The average Bonchev–Trinajstić information content (AvgIpc) is 3.27. The van der Waals surface area contributed by atoms with Crippen LogP contribution in [0.25, 0.3) is 0 Å². The maximum Gasteiger partial charge on any atom is 0.0659 e.